The maximum atomic E-state index is 3.45. The summed E-state index contributed by atoms with van der Waals surface area (Å²) < 4.78 is 0. The van der Waals surface area contributed by atoms with Gasteiger partial charge in [-0.2, -0.15) is 0 Å². The van der Waals surface area contributed by atoms with Crippen LogP contribution in [0.25, 0.3) is 0 Å². The molecule has 2 fully saturated rings. The molecular weight excluding hydrogens is 182 g/mol. The quantitative estimate of drug-likeness (QED) is 0.744. The lowest BCUT2D eigenvalue weighted by atomic mass is 9.84. The molecule has 2 rings (SSSR count). The molecule has 0 amide bonds. The monoisotopic (exact) mass is 209 g/mol. The summed E-state index contributed by atoms with van der Waals surface area (Å²) in [5, 5.41) is 3.45. The van der Waals surface area contributed by atoms with Gasteiger partial charge in [-0.3, -0.25) is 0 Å². The van der Waals surface area contributed by atoms with Crippen LogP contribution in [0.3, 0.4) is 0 Å². The van der Waals surface area contributed by atoms with E-state index in [-0.39, 0.29) is 0 Å². The van der Waals surface area contributed by atoms with Crippen LogP contribution in [0.5, 0.6) is 0 Å². The second-order valence-corrected chi connectivity index (χ2v) is 5.63. The van der Waals surface area contributed by atoms with Gasteiger partial charge >= 0.3 is 0 Å². The smallest absolute Gasteiger partial charge is 0.00463 e. The summed E-state index contributed by atoms with van der Waals surface area (Å²) in [4.78, 5) is 0. The molecule has 88 valence electrons. The zero-order valence-corrected chi connectivity index (χ0v) is 10.1. The molecule has 1 aliphatic heterocycles. The summed E-state index contributed by atoms with van der Waals surface area (Å²) in [5.41, 5.74) is 0. The molecule has 2 aliphatic rings. The van der Waals surface area contributed by atoms with E-state index in [1.807, 2.05) is 0 Å². The van der Waals surface area contributed by atoms with E-state index in [0.717, 1.165) is 11.8 Å². The van der Waals surface area contributed by atoms with Crippen molar-refractivity contribution in [3.05, 3.63) is 0 Å². The summed E-state index contributed by atoms with van der Waals surface area (Å²) >= 11 is 0. The molecule has 0 atom stereocenters. The van der Waals surface area contributed by atoms with Crippen molar-refractivity contribution in [1.82, 2.24) is 5.32 Å². The average molecular weight is 209 g/mol. The Kier molecular flexibility index (Phi) is 4.98. The van der Waals surface area contributed by atoms with E-state index in [2.05, 4.69) is 5.32 Å². The summed E-state index contributed by atoms with van der Waals surface area (Å²) in [6.07, 6.45) is 15.0. The molecule has 0 aromatic heterocycles. The first-order valence-electron chi connectivity index (χ1n) is 7.16. The summed E-state index contributed by atoms with van der Waals surface area (Å²) in [6, 6.07) is 0. The Morgan fingerprint density at radius 3 is 2.00 bits per heavy atom. The van der Waals surface area contributed by atoms with E-state index in [0.29, 0.717) is 0 Å². The van der Waals surface area contributed by atoms with Gasteiger partial charge in [-0.15, -0.1) is 0 Å². The third kappa shape index (κ3) is 4.14. The minimum absolute atomic E-state index is 1.05. The van der Waals surface area contributed by atoms with E-state index >= 15 is 0 Å². The number of piperidine rings is 1. The lowest BCUT2D eigenvalue weighted by Gasteiger charge is -2.25. The standard InChI is InChI=1S/C14H27N/c1-2-5-13(6-3-1)7-4-8-14-9-11-15-12-10-14/h13-15H,1-12H2. The van der Waals surface area contributed by atoms with Crippen molar-refractivity contribution in [3.8, 4) is 0 Å². The lowest BCUT2D eigenvalue weighted by molar-refractivity contribution is 0.297. The highest BCUT2D eigenvalue weighted by atomic mass is 14.9. The van der Waals surface area contributed by atoms with E-state index in [4.69, 9.17) is 0 Å². The molecule has 0 radical (unpaired) electrons. The highest BCUT2D eigenvalue weighted by Crippen LogP contribution is 2.29. The first-order chi connectivity index (χ1) is 7.45. The van der Waals surface area contributed by atoms with E-state index in [9.17, 15) is 0 Å². The molecule has 0 bridgehead atoms. The van der Waals surface area contributed by atoms with Gasteiger partial charge in [0.2, 0.25) is 0 Å². The van der Waals surface area contributed by atoms with Crippen molar-refractivity contribution in [2.75, 3.05) is 13.1 Å². The van der Waals surface area contributed by atoms with Crippen LogP contribution in [0.4, 0.5) is 0 Å². The zero-order valence-electron chi connectivity index (χ0n) is 10.1. The molecule has 0 aromatic carbocycles. The Morgan fingerprint density at radius 2 is 1.33 bits per heavy atom. The van der Waals surface area contributed by atoms with E-state index in [1.165, 1.54) is 77.3 Å². The fourth-order valence-electron chi connectivity index (χ4n) is 3.34. The summed E-state index contributed by atoms with van der Waals surface area (Å²) in [6.45, 7) is 2.54. The van der Waals surface area contributed by atoms with Crippen molar-refractivity contribution >= 4 is 0 Å². The predicted molar refractivity (Wildman–Crippen MR) is 66.0 cm³/mol. The highest BCUT2D eigenvalue weighted by molar-refractivity contribution is 4.70. The fourth-order valence-corrected chi connectivity index (χ4v) is 3.34. The third-order valence-corrected chi connectivity index (χ3v) is 4.41. The Hall–Kier alpha value is -0.0400. The van der Waals surface area contributed by atoms with Crippen LogP contribution >= 0.6 is 0 Å². The number of hydrogen-bond acceptors (Lipinski definition) is 1. The van der Waals surface area contributed by atoms with Crippen LogP contribution in [0.15, 0.2) is 0 Å². The molecule has 0 unspecified atom stereocenters. The van der Waals surface area contributed by atoms with Crippen molar-refractivity contribution in [1.29, 1.82) is 0 Å². The Bertz CT molecular complexity index is 137. The van der Waals surface area contributed by atoms with Crippen molar-refractivity contribution < 1.29 is 0 Å². The molecule has 1 heterocycles. The molecular formula is C14H27N. The van der Waals surface area contributed by atoms with Crippen LogP contribution in [-0.2, 0) is 0 Å². The van der Waals surface area contributed by atoms with Gasteiger partial charge in [-0.25, -0.2) is 0 Å². The number of hydrogen-bond donors (Lipinski definition) is 1. The molecule has 1 N–H and O–H groups in total. The zero-order chi connectivity index (χ0) is 10.3. The third-order valence-electron chi connectivity index (χ3n) is 4.41. The first kappa shape index (κ1) is 11.4. The number of nitrogens with one attached hydrogen (secondary N) is 1. The van der Waals surface area contributed by atoms with Gasteiger partial charge in [-0.05, 0) is 37.8 Å². The van der Waals surface area contributed by atoms with E-state index < -0.39 is 0 Å². The van der Waals surface area contributed by atoms with Gasteiger partial charge in [0.15, 0.2) is 0 Å². The Labute approximate surface area is 95.0 Å². The molecule has 1 nitrogen and oxygen atoms in total. The van der Waals surface area contributed by atoms with Crippen LogP contribution in [0.2, 0.25) is 0 Å². The molecule has 1 aliphatic carbocycles. The minimum Gasteiger partial charge on any atom is -0.317 e. The van der Waals surface area contributed by atoms with E-state index in [1.54, 1.807) is 0 Å². The van der Waals surface area contributed by atoms with Gasteiger partial charge in [-0.1, -0.05) is 51.4 Å². The van der Waals surface area contributed by atoms with Gasteiger partial charge in [0.25, 0.3) is 0 Å². The van der Waals surface area contributed by atoms with Crippen molar-refractivity contribution in [2.24, 2.45) is 11.8 Å². The number of rotatable bonds is 4. The topological polar surface area (TPSA) is 12.0 Å². The first-order valence-corrected chi connectivity index (χ1v) is 7.16. The Balaban J connectivity index is 1.53. The van der Waals surface area contributed by atoms with Gasteiger partial charge in [0, 0.05) is 0 Å². The predicted octanol–water partition coefficient (Wildman–Crippen LogP) is 3.74. The largest absolute Gasteiger partial charge is 0.317 e. The van der Waals surface area contributed by atoms with Crippen LogP contribution in [-0.4, -0.2) is 13.1 Å². The van der Waals surface area contributed by atoms with Gasteiger partial charge < -0.3 is 5.32 Å². The second kappa shape index (κ2) is 6.52. The summed E-state index contributed by atoms with van der Waals surface area (Å²) in [7, 11) is 0. The van der Waals surface area contributed by atoms with Gasteiger partial charge in [0.05, 0.1) is 0 Å². The van der Waals surface area contributed by atoms with Crippen molar-refractivity contribution in [2.45, 2.75) is 64.2 Å². The second-order valence-electron chi connectivity index (χ2n) is 5.63. The highest BCUT2D eigenvalue weighted by Gasteiger charge is 2.15. The SMILES string of the molecule is C1CCC(CCCC2CCNCC2)CC1. The summed E-state index contributed by atoms with van der Waals surface area (Å²) in [5.74, 6) is 2.15. The molecule has 1 saturated carbocycles. The fraction of sp³-hybridized carbons (Fsp3) is 1.00. The molecule has 0 spiro atoms. The van der Waals surface area contributed by atoms with Crippen LogP contribution < -0.4 is 5.32 Å². The normalized spacial score (nSPS) is 25.6. The Morgan fingerprint density at radius 1 is 0.733 bits per heavy atom. The lowest BCUT2D eigenvalue weighted by Crippen LogP contribution is -2.27. The van der Waals surface area contributed by atoms with Crippen LogP contribution in [0.1, 0.15) is 64.2 Å². The average Bonchev–Trinajstić information content (AvgIpc) is 2.32. The molecule has 15 heavy (non-hydrogen) atoms. The van der Waals surface area contributed by atoms with Crippen molar-refractivity contribution in [3.63, 3.8) is 0 Å². The van der Waals surface area contributed by atoms with Gasteiger partial charge in [0.1, 0.15) is 0 Å². The molecule has 1 heteroatoms. The molecule has 1 saturated heterocycles. The maximum Gasteiger partial charge on any atom is -0.00463 e. The molecule has 0 aromatic rings. The maximum absolute atomic E-state index is 3.45. The minimum atomic E-state index is 1.05. The van der Waals surface area contributed by atoms with Crippen LogP contribution in [0, 0.1) is 11.8 Å².